The number of nitrogens with zero attached hydrogens (tertiary/aromatic N) is 1. The van der Waals surface area contributed by atoms with Gasteiger partial charge in [0.15, 0.2) is 0 Å². The van der Waals surface area contributed by atoms with Crippen molar-refractivity contribution in [3.8, 4) is 55.6 Å². The summed E-state index contributed by atoms with van der Waals surface area (Å²) in [5.41, 5.74) is 26.3. The second kappa shape index (κ2) is 14.7. The fourth-order valence-corrected chi connectivity index (χ4v) is 15.9. The van der Waals surface area contributed by atoms with Crippen LogP contribution in [0, 0.1) is 23.7 Å². The van der Waals surface area contributed by atoms with E-state index in [1.54, 1.807) is 11.1 Å². The Labute approximate surface area is 413 Å². The second-order valence-electron chi connectivity index (χ2n) is 22.8. The first-order chi connectivity index (χ1) is 34.3. The molecule has 4 saturated carbocycles. The van der Waals surface area contributed by atoms with Crippen molar-refractivity contribution in [1.29, 1.82) is 0 Å². The number of benzene rings is 9. The van der Waals surface area contributed by atoms with E-state index in [-0.39, 0.29) is 10.8 Å². The van der Waals surface area contributed by atoms with Gasteiger partial charge in [0, 0.05) is 22.4 Å². The summed E-state index contributed by atoms with van der Waals surface area (Å²) in [6.07, 6.45) is 6.92. The van der Waals surface area contributed by atoms with Gasteiger partial charge in [0.05, 0.1) is 11.1 Å². The van der Waals surface area contributed by atoms with E-state index in [9.17, 15) is 0 Å². The second-order valence-corrected chi connectivity index (χ2v) is 22.8. The van der Waals surface area contributed by atoms with Crippen LogP contribution in [0.2, 0.25) is 0 Å². The van der Waals surface area contributed by atoms with Gasteiger partial charge < -0.3 is 4.90 Å². The molecule has 16 rings (SSSR count). The van der Waals surface area contributed by atoms with Crippen LogP contribution in [-0.2, 0) is 16.2 Å². The van der Waals surface area contributed by atoms with Crippen molar-refractivity contribution < 1.29 is 0 Å². The Bertz CT molecular complexity index is 3580. The molecule has 70 heavy (non-hydrogen) atoms. The molecule has 9 aromatic carbocycles. The van der Waals surface area contributed by atoms with Crippen molar-refractivity contribution in [2.24, 2.45) is 23.7 Å². The first-order valence-corrected chi connectivity index (χ1v) is 26.1. The molecule has 0 aromatic heterocycles. The van der Waals surface area contributed by atoms with Crippen molar-refractivity contribution >= 4 is 17.1 Å². The zero-order valence-electron chi connectivity index (χ0n) is 40.4. The van der Waals surface area contributed by atoms with E-state index in [0.717, 1.165) is 11.8 Å². The van der Waals surface area contributed by atoms with E-state index in [4.69, 9.17) is 0 Å². The first kappa shape index (κ1) is 40.6. The molecule has 9 aromatic rings. The van der Waals surface area contributed by atoms with Crippen LogP contribution in [0.25, 0.3) is 55.6 Å². The minimum atomic E-state index is -0.562. The van der Waals surface area contributed by atoms with Crippen molar-refractivity contribution in [3.63, 3.8) is 0 Å². The first-order valence-electron chi connectivity index (χ1n) is 26.1. The molecule has 0 N–H and O–H groups in total. The van der Waals surface area contributed by atoms with Gasteiger partial charge in [-0.25, -0.2) is 0 Å². The summed E-state index contributed by atoms with van der Waals surface area (Å²) in [6.45, 7) is 7.08. The molecule has 2 spiro atoms. The highest BCUT2D eigenvalue weighted by Gasteiger charge is 2.62. The summed E-state index contributed by atoms with van der Waals surface area (Å²) in [5.74, 6) is 3.16. The van der Waals surface area contributed by atoms with Crippen LogP contribution >= 0.6 is 0 Å². The number of rotatable bonds is 5. The molecular formula is C69H57N. The van der Waals surface area contributed by atoms with Gasteiger partial charge >= 0.3 is 0 Å². The fraction of sp³-hybridized carbons (Fsp3) is 0.217. The molecule has 0 aliphatic heterocycles. The average Bonchev–Trinajstić information content (AvgIpc) is 3.98. The molecule has 0 amide bonds. The lowest BCUT2D eigenvalue weighted by atomic mass is 9.43. The lowest BCUT2D eigenvalue weighted by molar-refractivity contribution is -0.0399. The van der Waals surface area contributed by atoms with Crippen molar-refractivity contribution in [3.05, 3.63) is 245 Å². The van der Waals surface area contributed by atoms with Crippen LogP contribution in [0.4, 0.5) is 17.1 Å². The van der Waals surface area contributed by atoms with E-state index in [1.165, 1.54) is 133 Å². The zero-order valence-corrected chi connectivity index (χ0v) is 40.4. The normalized spacial score (nSPS) is 23.5. The van der Waals surface area contributed by atoms with E-state index in [1.807, 2.05) is 0 Å². The quantitative estimate of drug-likeness (QED) is 0.166. The molecule has 338 valence electrons. The third-order valence-electron chi connectivity index (χ3n) is 18.4. The van der Waals surface area contributed by atoms with E-state index in [0.29, 0.717) is 11.8 Å². The van der Waals surface area contributed by atoms with Gasteiger partial charge in [-0.15, -0.1) is 0 Å². The number of hydrogen-bond acceptors (Lipinski definition) is 1. The molecule has 4 fully saturated rings. The lowest BCUT2D eigenvalue weighted by Gasteiger charge is -2.61. The molecule has 7 aliphatic carbocycles. The van der Waals surface area contributed by atoms with Crippen molar-refractivity contribution in [2.75, 3.05) is 4.90 Å². The zero-order chi connectivity index (χ0) is 46.5. The minimum Gasteiger partial charge on any atom is -0.310 e. The summed E-state index contributed by atoms with van der Waals surface area (Å²) in [5, 5.41) is 0. The predicted octanol–water partition coefficient (Wildman–Crippen LogP) is 17.9. The Kier molecular flexibility index (Phi) is 8.51. The monoisotopic (exact) mass is 899 g/mol. The maximum atomic E-state index is 2.65. The number of hydrogen-bond donors (Lipinski definition) is 0. The molecule has 0 heterocycles. The maximum Gasteiger partial charge on any atom is 0.0732 e. The molecule has 0 saturated heterocycles. The van der Waals surface area contributed by atoms with Gasteiger partial charge in [-0.1, -0.05) is 197 Å². The van der Waals surface area contributed by atoms with Gasteiger partial charge in [-0.2, -0.15) is 0 Å². The molecule has 1 unspecified atom stereocenters. The summed E-state index contributed by atoms with van der Waals surface area (Å²) < 4.78 is 0. The Morgan fingerprint density at radius 2 is 0.929 bits per heavy atom. The summed E-state index contributed by atoms with van der Waals surface area (Å²) in [7, 11) is 0. The Hall–Kier alpha value is -7.22. The number of fused-ring (bicyclic) bond motifs is 13. The third kappa shape index (κ3) is 5.39. The minimum absolute atomic E-state index is 0.0325. The van der Waals surface area contributed by atoms with Gasteiger partial charge in [-0.05, 0) is 181 Å². The smallest absolute Gasteiger partial charge is 0.0732 e. The number of anilines is 3. The topological polar surface area (TPSA) is 3.24 Å². The third-order valence-corrected chi connectivity index (χ3v) is 18.4. The van der Waals surface area contributed by atoms with Gasteiger partial charge in [-0.3, -0.25) is 0 Å². The molecule has 4 bridgehead atoms. The standard InChI is InChI=1S/C69H57N/c1-67(2,3)48-31-33-56-57-26-15-25-53(46-19-8-5-9-20-46)66(57)69(62(56)41-48)59-27-12-10-23-54(59)55-34-32-52(42-63(55)69)70(51-22-14-21-47(40-51)45-17-6-4-7-18-45)64-30-16-29-61-65(64)58-24-11-13-28-60(58)68(61)49-36-43-35-44(38-49)39-50(68)37-43/h4-34,40-44,49-50H,35-39H2,1-3H3. The van der Waals surface area contributed by atoms with Gasteiger partial charge in [0.25, 0.3) is 0 Å². The predicted molar refractivity (Wildman–Crippen MR) is 290 cm³/mol. The Balaban J connectivity index is 1.03. The van der Waals surface area contributed by atoms with Gasteiger partial charge in [0.1, 0.15) is 0 Å². The molecule has 0 radical (unpaired) electrons. The molecule has 1 atom stereocenters. The highest BCUT2D eigenvalue weighted by Crippen LogP contribution is 2.71. The van der Waals surface area contributed by atoms with E-state index < -0.39 is 5.41 Å². The fourth-order valence-electron chi connectivity index (χ4n) is 15.9. The molecule has 7 aliphatic rings. The molecular weight excluding hydrogens is 843 g/mol. The largest absolute Gasteiger partial charge is 0.310 e. The van der Waals surface area contributed by atoms with Crippen LogP contribution in [0.5, 0.6) is 0 Å². The van der Waals surface area contributed by atoms with E-state index in [2.05, 4.69) is 232 Å². The Morgan fingerprint density at radius 3 is 1.69 bits per heavy atom. The maximum absolute atomic E-state index is 2.65. The van der Waals surface area contributed by atoms with Crippen LogP contribution in [0.3, 0.4) is 0 Å². The highest BCUT2D eigenvalue weighted by atomic mass is 15.1. The van der Waals surface area contributed by atoms with Crippen LogP contribution < -0.4 is 4.90 Å². The molecule has 1 heteroatoms. The van der Waals surface area contributed by atoms with Crippen LogP contribution in [-0.4, -0.2) is 0 Å². The SMILES string of the molecule is CC(C)(C)c1ccc2c(c1)C1(c3ccccc3-c3ccc(N(c4cccc(-c5ccccc5)c4)c4cccc5c4-c4ccccc4C54C5CC6CC(C5)CC4C6)cc31)c1c(-c3ccccc3)cccc1-2. The summed E-state index contributed by atoms with van der Waals surface area (Å²) in [6, 6.07) is 79.8. The highest BCUT2D eigenvalue weighted by molar-refractivity contribution is 6.01. The summed E-state index contributed by atoms with van der Waals surface area (Å²) >= 11 is 0. The van der Waals surface area contributed by atoms with Crippen molar-refractivity contribution in [2.45, 2.75) is 69.1 Å². The van der Waals surface area contributed by atoms with E-state index >= 15 is 0 Å². The van der Waals surface area contributed by atoms with Crippen LogP contribution in [0.15, 0.2) is 206 Å². The van der Waals surface area contributed by atoms with Crippen molar-refractivity contribution in [1.82, 2.24) is 0 Å². The Morgan fingerprint density at radius 1 is 0.386 bits per heavy atom. The summed E-state index contributed by atoms with van der Waals surface area (Å²) in [4.78, 5) is 2.65. The molecule has 1 nitrogen and oxygen atoms in total. The average molecular weight is 900 g/mol. The lowest BCUT2D eigenvalue weighted by Crippen LogP contribution is -2.55. The van der Waals surface area contributed by atoms with Crippen LogP contribution in [0.1, 0.15) is 91.8 Å². The van der Waals surface area contributed by atoms with Gasteiger partial charge in [0.2, 0.25) is 0 Å².